The van der Waals surface area contributed by atoms with E-state index in [0.29, 0.717) is 31.1 Å². The molecule has 0 unspecified atom stereocenters. The molecule has 2 aromatic carbocycles. The maximum Gasteiger partial charge on any atom is 0.249 e. The Labute approximate surface area is 158 Å². The minimum atomic E-state index is -1.13. The van der Waals surface area contributed by atoms with Crippen LogP contribution in [0.2, 0.25) is 0 Å². The third kappa shape index (κ3) is 4.11. The fraction of sp³-hybridized carbons (Fsp3) is 0.333. The van der Waals surface area contributed by atoms with Crippen LogP contribution < -0.4 is 10.5 Å². The Morgan fingerprint density at radius 3 is 2.56 bits per heavy atom. The minimum absolute atomic E-state index is 0.0945. The Hall–Kier alpha value is -2.86. The van der Waals surface area contributed by atoms with E-state index < -0.39 is 17.6 Å². The molecule has 0 aliphatic carbocycles. The van der Waals surface area contributed by atoms with Gasteiger partial charge in [-0.3, -0.25) is 4.79 Å². The molecule has 6 nitrogen and oxygen atoms in total. The van der Waals surface area contributed by atoms with Crippen LogP contribution in [0.15, 0.2) is 59.6 Å². The van der Waals surface area contributed by atoms with Gasteiger partial charge in [-0.1, -0.05) is 30.3 Å². The lowest BCUT2D eigenvalue weighted by molar-refractivity contribution is -0.125. The fourth-order valence-corrected chi connectivity index (χ4v) is 3.08. The van der Waals surface area contributed by atoms with Gasteiger partial charge in [0, 0.05) is 25.0 Å². The summed E-state index contributed by atoms with van der Waals surface area (Å²) in [4.78, 5) is 16.9. The van der Waals surface area contributed by atoms with Crippen LogP contribution in [0.25, 0.3) is 0 Å². The highest BCUT2D eigenvalue weighted by Gasteiger charge is 2.49. The van der Waals surface area contributed by atoms with E-state index >= 15 is 0 Å². The topological polar surface area (TPSA) is 94.1 Å². The number of amides is 1. The van der Waals surface area contributed by atoms with Gasteiger partial charge in [0.2, 0.25) is 11.8 Å². The monoisotopic (exact) mass is 368 g/mol. The minimum Gasteiger partial charge on any atom is -0.494 e. The third-order valence-corrected chi connectivity index (χ3v) is 4.68. The summed E-state index contributed by atoms with van der Waals surface area (Å²) in [6.45, 7) is 2.36. The van der Waals surface area contributed by atoms with Crippen LogP contribution in [-0.2, 0) is 16.0 Å². The molecule has 1 aliphatic heterocycles. The number of benzene rings is 2. The number of nitrogens with two attached hydrogens (primary N) is 1. The number of carbonyl (C=O) groups excluding carboxylic acids is 1. The summed E-state index contributed by atoms with van der Waals surface area (Å²) < 4.78 is 11.4. The molecule has 1 amide bonds. The first-order valence-electron chi connectivity index (χ1n) is 8.99. The van der Waals surface area contributed by atoms with Crippen molar-refractivity contribution in [2.24, 2.45) is 10.7 Å². The number of rotatable bonds is 8. The molecule has 3 N–H and O–H groups in total. The molecule has 1 heterocycles. The number of carbonyl (C=O) groups is 1. The number of primary amides is 1. The molecule has 0 saturated carbocycles. The van der Waals surface area contributed by atoms with Crippen molar-refractivity contribution in [1.82, 2.24) is 0 Å². The molecule has 0 spiro atoms. The summed E-state index contributed by atoms with van der Waals surface area (Å²) in [5.74, 6) is 0.598. The molecule has 1 aliphatic rings. The molecule has 6 heteroatoms. The number of hydrogen-bond donors (Lipinski definition) is 2. The van der Waals surface area contributed by atoms with E-state index in [1.807, 2.05) is 61.5 Å². The predicted octanol–water partition coefficient (Wildman–Crippen LogP) is 2.08. The summed E-state index contributed by atoms with van der Waals surface area (Å²) in [5, 5.41) is 8.81. The highest BCUT2D eigenvalue weighted by Crippen LogP contribution is 2.32. The van der Waals surface area contributed by atoms with Crippen molar-refractivity contribution >= 4 is 11.8 Å². The second-order valence-corrected chi connectivity index (χ2v) is 6.58. The molecule has 0 bridgehead atoms. The molecule has 0 radical (unpaired) electrons. The lowest BCUT2D eigenvalue weighted by Gasteiger charge is -2.25. The maximum absolute atomic E-state index is 12.3. The van der Waals surface area contributed by atoms with E-state index in [1.54, 1.807) is 0 Å². The van der Waals surface area contributed by atoms with Gasteiger partial charge in [0.05, 0.1) is 6.61 Å². The zero-order valence-corrected chi connectivity index (χ0v) is 15.3. The first-order chi connectivity index (χ1) is 13.0. The molecule has 142 valence electrons. The molecule has 0 aromatic heterocycles. The zero-order valence-electron chi connectivity index (χ0n) is 15.3. The summed E-state index contributed by atoms with van der Waals surface area (Å²) in [6.07, 6.45) is 0.497. The van der Waals surface area contributed by atoms with Gasteiger partial charge in [0.25, 0.3) is 0 Å². The number of aliphatic hydroxyl groups excluding tert-OH is 1. The highest BCUT2D eigenvalue weighted by molar-refractivity contribution is 6.00. The first-order valence-corrected chi connectivity index (χ1v) is 8.99. The number of nitrogens with zero attached hydrogens (tertiary/aromatic N) is 1. The average Bonchev–Trinajstić information content (AvgIpc) is 3.01. The van der Waals surface area contributed by atoms with E-state index in [1.165, 1.54) is 0 Å². The fourth-order valence-electron chi connectivity index (χ4n) is 3.08. The summed E-state index contributed by atoms with van der Waals surface area (Å²) in [6, 6.07) is 16.9. The molecule has 3 rings (SSSR count). The summed E-state index contributed by atoms with van der Waals surface area (Å²) in [5.41, 5.74) is 6.34. The van der Waals surface area contributed by atoms with Gasteiger partial charge < -0.3 is 20.3 Å². The second-order valence-electron chi connectivity index (χ2n) is 6.58. The van der Waals surface area contributed by atoms with Crippen molar-refractivity contribution < 1.29 is 19.4 Å². The molecule has 0 saturated heterocycles. The lowest BCUT2D eigenvalue weighted by Crippen LogP contribution is -2.50. The Morgan fingerprint density at radius 1 is 1.22 bits per heavy atom. The SMILES string of the molecule is C[C@H]1OC(c2ccc(OCCCO)cc2)=N[C@@]1(Cc1ccccc1)C(N)=O. The first kappa shape index (κ1) is 18.9. The Bertz CT molecular complexity index is 805. The van der Waals surface area contributed by atoms with Gasteiger partial charge >= 0.3 is 0 Å². The van der Waals surface area contributed by atoms with Crippen molar-refractivity contribution in [2.45, 2.75) is 31.4 Å². The van der Waals surface area contributed by atoms with Crippen molar-refractivity contribution in [3.63, 3.8) is 0 Å². The van der Waals surface area contributed by atoms with Crippen LogP contribution >= 0.6 is 0 Å². The predicted molar refractivity (Wildman–Crippen MR) is 103 cm³/mol. The van der Waals surface area contributed by atoms with E-state index in [2.05, 4.69) is 4.99 Å². The van der Waals surface area contributed by atoms with Crippen molar-refractivity contribution in [3.05, 3.63) is 65.7 Å². The van der Waals surface area contributed by atoms with Crippen LogP contribution in [0.1, 0.15) is 24.5 Å². The van der Waals surface area contributed by atoms with Gasteiger partial charge in [-0.05, 0) is 36.8 Å². The number of ether oxygens (including phenoxy) is 2. The Balaban J connectivity index is 1.82. The largest absolute Gasteiger partial charge is 0.494 e. The van der Waals surface area contributed by atoms with E-state index in [9.17, 15) is 4.79 Å². The van der Waals surface area contributed by atoms with Crippen LogP contribution in [0.3, 0.4) is 0 Å². The van der Waals surface area contributed by atoms with E-state index in [-0.39, 0.29) is 6.61 Å². The highest BCUT2D eigenvalue weighted by atomic mass is 16.5. The number of hydrogen-bond acceptors (Lipinski definition) is 5. The van der Waals surface area contributed by atoms with E-state index in [0.717, 1.165) is 11.1 Å². The van der Waals surface area contributed by atoms with Gasteiger partial charge in [-0.15, -0.1) is 0 Å². The maximum atomic E-state index is 12.3. The standard InChI is InChI=1S/C21H24N2O4/c1-15-21(20(22)25,14-16-6-3-2-4-7-16)23-19(27-15)17-8-10-18(11-9-17)26-13-5-12-24/h2-4,6-11,15,24H,5,12-14H2,1H3,(H2,22,25)/t15-,21-/m1/s1. The van der Waals surface area contributed by atoms with Crippen LogP contribution in [0, 0.1) is 0 Å². The summed E-state index contributed by atoms with van der Waals surface area (Å²) >= 11 is 0. The molecule has 0 fully saturated rings. The van der Waals surface area contributed by atoms with Gasteiger partial charge in [0.15, 0.2) is 5.54 Å². The van der Waals surface area contributed by atoms with Gasteiger partial charge in [-0.2, -0.15) is 0 Å². The molecule has 2 aromatic rings. The van der Waals surface area contributed by atoms with Crippen molar-refractivity contribution in [3.8, 4) is 5.75 Å². The zero-order chi connectivity index (χ0) is 19.3. The third-order valence-electron chi connectivity index (χ3n) is 4.68. The number of aliphatic hydroxyl groups is 1. The molecular weight excluding hydrogens is 344 g/mol. The Morgan fingerprint density at radius 2 is 1.93 bits per heavy atom. The van der Waals surface area contributed by atoms with Crippen LogP contribution in [-0.4, -0.2) is 41.8 Å². The average molecular weight is 368 g/mol. The van der Waals surface area contributed by atoms with Gasteiger partial charge in [0.1, 0.15) is 11.9 Å². The Kier molecular flexibility index (Phi) is 5.76. The van der Waals surface area contributed by atoms with E-state index in [4.69, 9.17) is 20.3 Å². The normalized spacial score (nSPS) is 21.4. The van der Waals surface area contributed by atoms with Crippen molar-refractivity contribution in [2.75, 3.05) is 13.2 Å². The molecule has 2 atom stereocenters. The van der Waals surface area contributed by atoms with Crippen LogP contribution in [0.4, 0.5) is 0 Å². The quantitative estimate of drug-likeness (QED) is 0.698. The lowest BCUT2D eigenvalue weighted by atomic mass is 9.86. The van der Waals surface area contributed by atoms with Crippen LogP contribution in [0.5, 0.6) is 5.75 Å². The second kappa shape index (κ2) is 8.22. The molecule has 27 heavy (non-hydrogen) atoms. The van der Waals surface area contributed by atoms with Crippen molar-refractivity contribution in [1.29, 1.82) is 0 Å². The summed E-state index contributed by atoms with van der Waals surface area (Å²) in [7, 11) is 0. The molecular formula is C21H24N2O4. The number of aliphatic imine (C=N–C) groups is 1. The smallest absolute Gasteiger partial charge is 0.249 e. The van der Waals surface area contributed by atoms with Gasteiger partial charge in [-0.25, -0.2) is 4.99 Å².